The van der Waals surface area contributed by atoms with Crippen molar-refractivity contribution < 1.29 is 0 Å². The minimum Gasteiger partial charge on any atom is -0.330 e. The van der Waals surface area contributed by atoms with Crippen LogP contribution in [0.25, 0.3) is 0 Å². The van der Waals surface area contributed by atoms with E-state index in [4.69, 9.17) is 5.73 Å². The molecule has 1 aliphatic carbocycles. The summed E-state index contributed by atoms with van der Waals surface area (Å²) in [4.78, 5) is 4.56. The van der Waals surface area contributed by atoms with Gasteiger partial charge in [0.2, 0.25) is 0 Å². The normalized spacial score (nSPS) is 17.8. The second-order valence-corrected chi connectivity index (χ2v) is 5.43. The number of hydrogen-bond acceptors (Lipinski definition) is 4. The number of thiazole rings is 1. The summed E-state index contributed by atoms with van der Waals surface area (Å²) in [5.41, 5.74) is 6.69. The summed E-state index contributed by atoms with van der Waals surface area (Å²) in [7, 11) is 0. The van der Waals surface area contributed by atoms with Crippen LogP contribution in [0.1, 0.15) is 42.8 Å². The van der Waals surface area contributed by atoms with Gasteiger partial charge in [-0.05, 0) is 19.4 Å². The molecule has 1 heterocycles. The van der Waals surface area contributed by atoms with Gasteiger partial charge in [0.1, 0.15) is 0 Å². The fraction of sp³-hybridized carbons (Fsp3) is 0.750. The minimum absolute atomic E-state index is 0.697. The highest BCUT2D eigenvalue weighted by Gasteiger charge is 2.12. The Bertz CT molecular complexity index is 305. The third-order valence-corrected chi connectivity index (χ3v) is 4.09. The van der Waals surface area contributed by atoms with E-state index in [0.29, 0.717) is 12.6 Å². The van der Waals surface area contributed by atoms with Crippen LogP contribution in [0.4, 0.5) is 0 Å². The highest BCUT2D eigenvalue weighted by molar-refractivity contribution is 7.09. The third-order valence-electron chi connectivity index (χ3n) is 3.13. The van der Waals surface area contributed by atoms with Crippen molar-refractivity contribution in [3.05, 3.63) is 16.1 Å². The van der Waals surface area contributed by atoms with Gasteiger partial charge in [0.05, 0.1) is 10.7 Å². The summed E-state index contributed by atoms with van der Waals surface area (Å²) in [6, 6.07) is 0.716. The van der Waals surface area contributed by atoms with E-state index in [2.05, 4.69) is 15.7 Å². The molecule has 0 aliphatic heterocycles. The molecule has 1 aromatic heterocycles. The Morgan fingerprint density at radius 3 is 2.94 bits per heavy atom. The van der Waals surface area contributed by atoms with E-state index in [0.717, 1.165) is 13.0 Å². The molecule has 3 N–H and O–H groups in total. The van der Waals surface area contributed by atoms with Crippen LogP contribution in [0.3, 0.4) is 0 Å². The predicted molar refractivity (Wildman–Crippen MR) is 68.6 cm³/mol. The van der Waals surface area contributed by atoms with Crippen molar-refractivity contribution in [1.82, 2.24) is 10.3 Å². The summed E-state index contributed by atoms with van der Waals surface area (Å²) in [5.74, 6) is 0. The van der Waals surface area contributed by atoms with Crippen LogP contribution in [0.2, 0.25) is 0 Å². The van der Waals surface area contributed by atoms with Crippen molar-refractivity contribution in [3.8, 4) is 0 Å². The van der Waals surface area contributed by atoms with Gasteiger partial charge in [-0.1, -0.05) is 19.3 Å². The number of nitrogens with one attached hydrogen (secondary N) is 1. The van der Waals surface area contributed by atoms with Crippen LogP contribution in [-0.2, 0) is 13.0 Å². The molecule has 0 spiro atoms. The molecule has 1 aliphatic rings. The van der Waals surface area contributed by atoms with Gasteiger partial charge >= 0.3 is 0 Å². The van der Waals surface area contributed by atoms with Gasteiger partial charge in [0.15, 0.2) is 0 Å². The SMILES string of the molecule is NCCc1nc(CNC2CCCCC2)cs1. The van der Waals surface area contributed by atoms with Gasteiger partial charge < -0.3 is 11.1 Å². The predicted octanol–water partition coefficient (Wildman–Crippen LogP) is 2.07. The average Bonchev–Trinajstić information content (AvgIpc) is 2.76. The van der Waals surface area contributed by atoms with Crippen molar-refractivity contribution in [2.24, 2.45) is 5.73 Å². The van der Waals surface area contributed by atoms with Gasteiger partial charge in [0.25, 0.3) is 0 Å². The second-order valence-electron chi connectivity index (χ2n) is 4.49. The number of nitrogens with zero attached hydrogens (tertiary/aromatic N) is 1. The standard InChI is InChI=1S/C12H21N3S/c13-7-6-12-15-11(9-16-12)8-14-10-4-2-1-3-5-10/h9-10,14H,1-8,13H2. The topological polar surface area (TPSA) is 50.9 Å². The lowest BCUT2D eigenvalue weighted by Gasteiger charge is -2.22. The summed E-state index contributed by atoms with van der Waals surface area (Å²) < 4.78 is 0. The lowest BCUT2D eigenvalue weighted by Crippen LogP contribution is -2.30. The molecule has 90 valence electrons. The molecule has 0 aromatic carbocycles. The quantitative estimate of drug-likeness (QED) is 0.827. The van der Waals surface area contributed by atoms with Gasteiger partial charge in [-0.15, -0.1) is 11.3 Å². The molecule has 1 aromatic rings. The molecule has 0 unspecified atom stereocenters. The Morgan fingerprint density at radius 2 is 2.19 bits per heavy atom. The lowest BCUT2D eigenvalue weighted by molar-refractivity contribution is 0.371. The largest absolute Gasteiger partial charge is 0.330 e. The van der Waals surface area contributed by atoms with Crippen molar-refractivity contribution in [3.63, 3.8) is 0 Å². The van der Waals surface area contributed by atoms with E-state index in [1.54, 1.807) is 11.3 Å². The molecule has 1 fully saturated rings. The van der Waals surface area contributed by atoms with E-state index in [-0.39, 0.29) is 0 Å². The van der Waals surface area contributed by atoms with Crippen molar-refractivity contribution in [2.45, 2.75) is 51.1 Å². The smallest absolute Gasteiger partial charge is 0.0941 e. The van der Waals surface area contributed by atoms with Crippen LogP contribution in [-0.4, -0.2) is 17.6 Å². The van der Waals surface area contributed by atoms with E-state index in [1.807, 2.05) is 0 Å². The average molecular weight is 239 g/mol. The fourth-order valence-electron chi connectivity index (χ4n) is 2.22. The zero-order valence-corrected chi connectivity index (χ0v) is 10.6. The third kappa shape index (κ3) is 3.54. The summed E-state index contributed by atoms with van der Waals surface area (Å²) in [5, 5.41) is 6.93. The molecule has 1 saturated carbocycles. The monoisotopic (exact) mass is 239 g/mol. The first-order valence-electron chi connectivity index (χ1n) is 6.25. The van der Waals surface area contributed by atoms with Crippen LogP contribution < -0.4 is 11.1 Å². The van der Waals surface area contributed by atoms with E-state index in [9.17, 15) is 0 Å². The maximum absolute atomic E-state index is 5.51. The first-order valence-corrected chi connectivity index (χ1v) is 7.13. The maximum Gasteiger partial charge on any atom is 0.0941 e. The van der Waals surface area contributed by atoms with Crippen LogP contribution in [0.5, 0.6) is 0 Å². The van der Waals surface area contributed by atoms with Crippen LogP contribution in [0.15, 0.2) is 5.38 Å². The molecule has 3 nitrogen and oxygen atoms in total. The Balaban J connectivity index is 1.75. The van der Waals surface area contributed by atoms with Crippen molar-refractivity contribution in [2.75, 3.05) is 6.54 Å². The summed E-state index contributed by atoms with van der Waals surface area (Å²) in [6.07, 6.45) is 7.75. The molecule has 0 amide bonds. The van der Waals surface area contributed by atoms with Crippen molar-refractivity contribution >= 4 is 11.3 Å². The molecule has 0 atom stereocenters. The first-order chi connectivity index (χ1) is 7.88. The van der Waals surface area contributed by atoms with E-state index >= 15 is 0 Å². The first kappa shape index (κ1) is 12.0. The van der Waals surface area contributed by atoms with Crippen LogP contribution in [0, 0.1) is 0 Å². The minimum atomic E-state index is 0.697. The zero-order chi connectivity index (χ0) is 11.2. The van der Waals surface area contributed by atoms with E-state index in [1.165, 1.54) is 42.8 Å². The Labute approximate surface area is 101 Å². The number of aromatic nitrogens is 1. The molecule has 4 heteroatoms. The second kappa shape index (κ2) is 6.33. The van der Waals surface area contributed by atoms with Gasteiger partial charge in [0, 0.05) is 24.4 Å². The Morgan fingerprint density at radius 1 is 1.38 bits per heavy atom. The highest BCUT2D eigenvalue weighted by atomic mass is 32.1. The molecule has 0 radical (unpaired) electrons. The number of hydrogen-bond donors (Lipinski definition) is 2. The van der Waals surface area contributed by atoms with Gasteiger partial charge in [-0.3, -0.25) is 0 Å². The molecule has 0 saturated heterocycles. The summed E-state index contributed by atoms with van der Waals surface area (Å²) >= 11 is 1.73. The van der Waals surface area contributed by atoms with Crippen molar-refractivity contribution in [1.29, 1.82) is 0 Å². The summed E-state index contributed by atoms with van der Waals surface area (Å²) in [6.45, 7) is 1.62. The van der Waals surface area contributed by atoms with Crippen LogP contribution >= 0.6 is 11.3 Å². The van der Waals surface area contributed by atoms with Gasteiger partial charge in [-0.2, -0.15) is 0 Å². The Hall–Kier alpha value is -0.450. The molecular weight excluding hydrogens is 218 g/mol. The van der Waals surface area contributed by atoms with E-state index < -0.39 is 0 Å². The fourth-order valence-corrected chi connectivity index (χ4v) is 3.04. The molecular formula is C12H21N3S. The lowest BCUT2D eigenvalue weighted by atomic mass is 9.95. The highest BCUT2D eigenvalue weighted by Crippen LogP contribution is 2.18. The Kier molecular flexibility index (Phi) is 4.75. The maximum atomic E-state index is 5.51. The molecule has 16 heavy (non-hydrogen) atoms. The number of nitrogens with two attached hydrogens (primary N) is 1. The number of rotatable bonds is 5. The zero-order valence-electron chi connectivity index (χ0n) is 9.74. The molecule has 2 rings (SSSR count). The van der Waals surface area contributed by atoms with Gasteiger partial charge in [-0.25, -0.2) is 4.98 Å². The molecule has 0 bridgehead atoms.